The molecule has 0 radical (unpaired) electrons. The second kappa shape index (κ2) is 10.8. The molecule has 3 aromatic rings. The highest BCUT2D eigenvalue weighted by molar-refractivity contribution is 9.10. The van der Waals surface area contributed by atoms with E-state index in [-0.39, 0.29) is 19.1 Å². The summed E-state index contributed by atoms with van der Waals surface area (Å²) < 4.78 is 11.8. The van der Waals surface area contributed by atoms with Crippen LogP contribution < -0.4 is 14.9 Å². The van der Waals surface area contributed by atoms with E-state index in [0.29, 0.717) is 17.1 Å². The van der Waals surface area contributed by atoms with E-state index in [2.05, 4.69) is 32.4 Å². The summed E-state index contributed by atoms with van der Waals surface area (Å²) in [5.74, 6) is 3.21. The highest BCUT2D eigenvalue weighted by Gasteiger charge is 2.05. The molecule has 5 nitrogen and oxygen atoms in total. The number of nitrogens with one attached hydrogen (secondary N) is 1. The number of hydrogen-bond donors (Lipinski definition) is 1. The topological polar surface area (TPSA) is 59.9 Å². The maximum atomic E-state index is 12.0. The van der Waals surface area contributed by atoms with Crippen molar-refractivity contribution >= 4 is 28.1 Å². The number of carbonyl (C=O) groups is 1. The van der Waals surface area contributed by atoms with Crippen LogP contribution in [0.3, 0.4) is 0 Å². The van der Waals surface area contributed by atoms with Crippen molar-refractivity contribution in [3.8, 4) is 35.0 Å². The van der Waals surface area contributed by atoms with Crippen molar-refractivity contribution in [3.05, 3.63) is 82.8 Å². The zero-order valence-electron chi connectivity index (χ0n) is 16.0. The number of hydrazone groups is 1. The first-order valence-corrected chi connectivity index (χ1v) is 9.91. The molecule has 0 atom stereocenters. The predicted octanol–water partition coefficient (Wildman–Crippen LogP) is 4.66. The maximum Gasteiger partial charge on any atom is 0.277 e. The fourth-order valence-corrected chi connectivity index (χ4v) is 2.98. The lowest BCUT2D eigenvalue weighted by molar-refractivity contribution is -0.123. The lowest BCUT2D eigenvalue weighted by atomic mass is 10.1. The Morgan fingerprint density at radius 2 is 1.77 bits per heavy atom. The van der Waals surface area contributed by atoms with Gasteiger partial charge in [-0.3, -0.25) is 4.79 Å². The summed E-state index contributed by atoms with van der Waals surface area (Å²) in [6.45, 7) is -0.00725. The third kappa shape index (κ3) is 6.23. The molecular formula is C24H19BrN2O3. The first-order chi connectivity index (χ1) is 14.7. The molecule has 0 unspecified atom stereocenters. The highest BCUT2D eigenvalue weighted by Crippen LogP contribution is 2.22. The van der Waals surface area contributed by atoms with E-state index in [4.69, 9.17) is 15.9 Å². The van der Waals surface area contributed by atoms with Crippen LogP contribution in [0.1, 0.15) is 5.56 Å². The Hall–Kier alpha value is -3.56. The monoisotopic (exact) mass is 462 g/mol. The van der Waals surface area contributed by atoms with Gasteiger partial charge in [-0.25, -0.2) is 5.43 Å². The maximum absolute atomic E-state index is 12.0. The first kappa shape index (κ1) is 21.2. The molecule has 6 heteroatoms. The first-order valence-electron chi connectivity index (χ1n) is 9.12. The number of halogens is 1. The van der Waals surface area contributed by atoms with Crippen molar-refractivity contribution < 1.29 is 14.3 Å². The van der Waals surface area contributed by atoms with Gasteiger partial charge in [0.15, 0.2) is 6.61 Å². The van der Waals surface area contributed by atoms with Gasteiger partial charge in [-0.15, -0.1) is 6.42 Å². The molecule has 0 aromatic heterocycles. The zero-order valence-corrected chi connectivity index (χ0v) is 17.6. The van der Waals surface area contributed by atoms with Crippen LogP contribution in [0.15, 0.2) is 82.4 Å². The van der Waals surface area contributed by atoms with Crippen molar-refractivity contribution in [3.63, 3.8) is 0 Å². The minimum atomic E-state index is -0.375. The minimum Gasteiger partial charge on any atom is -0.484 e. The molecule has 0 saturated carbocycles. The standard InChI is InChI=1S/C24H19BrN2O3/c1-2-14-29-23-13-10-21(25)15-20(23)16-26-27-24(28)17-30-22-11-8-19(9-12-22)18-6-4-3-5-7-18/h1,3-13,15-16H,14,17H2,(H,27,28)/b26-16+. The van der Waals surface area contributed by atoms with Crippen LogP contribution in [-0.2, 0) is 4.79 Å². The van der Waals surface area contributed by atoms with E-state index in [9.17, 15) is 4.79 Å². The highest BCUT2D eigenvalue weighted by atomic mass is 79.9. The van der Waals surface area contributed by atoms with Crippen LogP contribution in [0.4, 0.5) is 0 Å². The van der Waals surface area contributed by atoms with Crippen LogP contribution >= 0.6 is 15.9 Å². The Morgan fingerprint density at radius 1 is 1.03 bits per heavy atom. The van der Waals surface area contributed by atoms with Crippen molar-refractivity contribution in [1.82, 2.24) is 5.43 Å². The summed E-state index contributed by atoms with van der Waals surface area (Å²) in [7, 11) is 0. The SMILES string of the molecule is C#CCOc1ccc(Br)cc1/C=N/NC(=O)COc1ccc(-c2ccccc2)cc1. The zero-order chi connectivity index (χ0) is 21.2. The number of ether oxygens (including phenoxy) is 2. The smallest absolute Gasteiger partial charge is 0.277 e. The van der Waals surface area contributed by atoms with Crippen LogP contribution in [0.2, 0.25) is 0 Å². The molecule has 0 aliphatic carbocycles. The largest absolute Gasteiger partial charge is 0.484 e. The lowest BCUT2D eigenvalue weighted by Crippen LogP contribution is -2.24. The van der Waals surface area contributed by atoms with Crippen LogP contribution in [0, 0.1) is 12.3 Å². The van der Waals surface area contributed by atoms with E-state index in [1.807, 2.05) is 66.7 Å². The van der Waals surface area contributed by atoms with Gasteiger partial charge < -0.3 is 9.47 Å². The molecule has 150 valence electrons. The summed E-state index contributed by atoms with van der Waals surface area (Å²) in [5, 5.41) is 3.96. The molecule has 0 fully saturated rings. The van der Waals surface area contributed by atoms with Gasteiger partial charge in [-0.2, -0.15) is 5.10 Å². The quantitative estimate of drug-likeness (QED) is 0.301. The van der Waals surface area contributed by atoms with Gasteiger partial charge in [-0.1, -0.05) is 64.3 Å². The van der Waals surface area contributed by atoms with Crippen LogP contribution in [-0.4, -0.2) is 25.3 Å². The van der Waals surface area contributed by atoms with Crippen molar-refractivity contribution in [2.45, 2.75) is 0 Å². The summed E-state index contributed by atoms with van der Waals surface area (Å²) in [5.41, 5.74) is 5.31. The van der Waals surface area contributed by atoms with E-state index < -0.39 is 0 Å². The van der Waals surface area contributed by atoms with E-state index in [0.717, 1.165) is 15.6 Å². The van der Waals surface area contributed by atoms with E-state index >= 15 is 0 Å². The van der Waals surface area contributed by atoms with Gasteiger partial charge in [0.25, 0.3) is 5.91 Å². The number of terminal acetylenes is 1. The second-order valence-electron chi connectivity index (χ2n) is 6.15. The predicted molar refractivity (Wildman–Crippen MR) is 122 cm³/mol. The second-order valence-corrected chi connectivity index (χ2v) is 7.06. The summed E-state index contributed by atoms with van der Waals surface area (Å²) in [6, 6.07) is 23.0. The molecule has 0 aliphatic heterocycles. The van der Waals surface area contributed by atoms with E-state index in [1.165, 1.54) is 6.21 Å². The number of carbonyl (C=O) groups excluding carboxylic acids is 1. The number of rotatable bonds is 8. The van der Waals surface area contributed by atoms with Crippen molar-refractivity contribution in [2.24, 2.45) is 5.10 Å². The summed E-state index contributed by atoms with van der Waals surface area (Å²) in [4.78, 5) is 12.0. The fraction of sp³-hybridized carbons (Fsp3) is 0.0833. The average Bonchev–Trinajstić information content (AvgIpc) is 2.78. The van der Waals surface area contributed by atoms with Gasteiger partial charge in [0, 0.05) is 10.0 Å². The molecule has 3 rings (SSSR count). The molecule has 0 heterocycles. The third-order valence-electron chi connectivity index (χ3n) is 4.01. The Morgan fingerprint density at radius 3 is 2.50 bits per heavy atom. The Balaban J connectivity index is 1.52. The molecule has 0 spiro atoms. The number of benzene rings is 3. The van der Waals surface area contributed by atoms with Crippen LogP contribution in [0.25, 0.3) is 11.1 Å². The van der Waals surface area contributed by atoms with Crippen molar-refractivity contribution in [2.75, 3.05) is 13.2 Å². The summed E-state index contributed by atoms with van der Waals surface area (Å²) in [6.07, 6.45) is 6.72. The normalized spacial score (nSPS) is 10.4. The number of hydrogen-bond acceptors (Lipinski definition) is 4. The van der Waals surface area contributed by atoms with Crippen molar-refractivity contribution in [1.29, 1.82) is 0 Å². The lowest BCUT2D eigenvalue weighted by Gasteiger charge is -2.08. The number of amides is 1. The molecule has 0 aliphatic rings. The van der Waals surface area contributed by atoms with Gasteiger partial charge in [0.05, 0.1) is 6.21 Å². The minimum absolute atomic E-state index is 0.145. The summed E-state index contributed by atoms with van der Waals surface area (Å²) >= 11 is 3.39. The van der Waals surface area contributed by atoms with Gasteiger partial charge in [0.1, 0.15) is 18.1 Å². The average molecular weight is 463 g/mol. The molecule has 1 amide bonds. The third-order valence-corrected chi connectivity index (χ3v) is 4.50. The molecule has 3 aromatic carbocycles. The fourth-order valence-electron chi connectivity index (χ4n) is 2.60. The Labute approximate surface area is 183 Å². The molecular weight excluding hydrogens is 444 g/mol. The molecule has 0 bridgehead atoms. The van der Waals surface area contributed by atoms with Gasteiger partial charge in [0.2, 0.25) is 0 Å². The Kier molecular flexibility index (Phi) is 7.64. The molecule has 0 saturated heterocycles. The van der Waals surface area contributed by atoms with Crippen LogP contribution in [0.5, 0.6) is 11.5 Å². The van der Waals surface area contributed by atoms with Gasteiger partial charge >= 0.3 is 0 Å². The Bertz CT molecular complexity index is 1060. The van der Waals surface area contributed by atoms with Gasteiger partial charge in [-0.05, 0) is 41.5 Å². The molecule has 1 N–H and O–H groups in total. The number of nitrogens with zero attached hydrogens (tertiary/aromatic N) is 1. The molecule has 30 heavy (non-hydrogen) atoms. The van der Waals surface area contributed by atoms with E-state index in [1.54, 1.807) is 6.07 Å².